The van der Waals surface area contributed by atoms with Gasteiger partial charge in [0.25, 0.3) is 0 Å². The van der Waals surface area contributed by atoms with E-state index in [1.807, 2.05) is 25.2 Å². The first kappa shape index (κ1) is 24.1. The number of amides is 1. The normalized spacial score (nSPS) is 21.9. The van der Waals surface area contributed by atoms with E-state index in [1.165, 1.54) is 23.3 Å². The molecule has 0 unspecified atom stereocenters. The van der Waals surface area contributed by atoms with Crippen molar-refractivity contribution in [2.24, 2.45) is 18.9 Å². The van der Waals surface area contributed by atoms with Crippen molar-refractivity contribution in [2.75, 3.05) is 6.61 Å². The molecule has 2 heterocycles. The Morgan fingerprint density at radius 1 is 1.08 bits per heavy atom. The van der Waals surface area contributed by atoms with Gasteiger partial charge in [-0.1, -0.05) is 0 Å². The van der Waals surface area contributed by atoms with Crippen LogP contribution in [0, 0.1) is 34.8 Å². The molecule has 0 radical (unpaired) electrons. The van der Waals surface area contributed by atoms with Gasteiger partial charge in [-0.3, -0.25) is 14.3 Å². The van der Waals surface area contributed by atoms with Gasteiger partial charge in [-0.2, -0.15) is 10.4 Å². The maximum absolute atomic E-state index is 14.4. The van der Waals surface area contributed by atoms with Gasteiger partial charge in [0, 0.05) is 31.1 Å². The van der Waals surface area contributed by atoms with Crippen LogP contribution in [0.15, 0.2) is 48.7 Å². The minimum absolute atomic E-state index is 0.0806. The van der Waals surface area contributed by atoms with Crippen LogP contribution in [-0.2, 0) is 23.1 Å². The second-order valence-corrected chi connectivity index (χ2v) is 9.80. The predicted octanol–water partition coefficient (Wildman–Crippen LogP) is 5.49. The van der Waals surface area contributed by atoms with Gasteiger partial charge in [-0.15, -0.1) is 0 Å². The van der Waals surface area contributed by atoms with Crippen molar-refractivity contribution in [1.29, 1.82) is 5.26 Å². The number of benzene rings is 2. The molecule has 1 amide bonds. The lowest BCUT2D eigenvalue weighted by molar-refractivity contribution is -0.183. The highest BCUT2D eigenvalue weighted by Gasteiger charge is 2.37. The monoisotopic (exact) mass is 490 g/mol. The van der Waals surface area contributed by atoms with Gasteiger partial charge in [-0.25, -0.2) is 13.8 Å². The zero-order chi connectivity index (χ0) is 25.2. The molecule has 1 saturated heterocycles. The van der Waals surface area contributed by atoms with Crippen molar-refractivity contribution >= 4 is 5.91 Å². The van der Waals surface area contributed by atoms with Crippen molar-refractivity contribution in [2.45, 2.75) is 44.6 Å². The van der Waals surface area contributed by atoms with Crippen molar-refractivity contribution in [3.63, 3.8) is 0 Å². The van der Waals surface area contributed by atoms with E-state index in [4.69, 9.17) is 4.84 Å². The second kappa shape index (κ2) is 10.2. The molecule has 5 rings (SSSR count). The highest BCUT2D eigenvalue weighted by atomic mass is 19.1. The van der Waals surface area contributed by atoms with Gasteiger partial charge >= 0.3 is 0 Å². The topological polar surface area (TPSA) is 71.2 Å². The molecule has 6 nitrogen and oxygen atoms in total. The summed E-state index contributed by atoms with van der Waals surface area (Å²) in [7, 11) is 1.84. The molecule has 1 aromatic heterocycles. The Morgan fingerprint density at radius 2 is 1.86 bits per heavy atom. The molecule has 1 saturated carbocycles. The Morgan fingerprint density at radius 3 is 2.58 bits per heavy atom. The largest absolute Gasteiger partial charge is 0.272 e. The van der Waals surface area contributed by atoms with Crippen LogP contribution < -0.4 is 0 Å². The van der Waals surface area contributed by atoms with E-state index in [0.29, 0.717) is 24.5 Å². The second-order valence-electron chi connectivity index (χ2n) is 9.80. The molecule has 2 aliphatic rings. The smallest absolute Gasteiger partial charge is 0.249 e. The highest BCUT2D eigenvalue weighted by molar-refractivity contribution is 5.78. The molecular weight excluding hydrogens is 462 g/mol. The zero-order valence-corrected chi connectivity index (χ0v) is 20.2. The van der Waals surface area contributed by atoms with Gasteiger partial charge in [-0.05, 0) is 91.6 Å². The van der Waals surface area contributed by atoms with Gasteiger partial charge in [0.05, 0.1) is 30.0 Å². The quantitative estimate of drug-likeness (QED) is 0.474. The minimum Gasteiger partial charge on any atom is -0.272 e. The van der Waals surface area contributed by atoms with Gasteiger partial charge in [0.15, 0.2) is 0 Å². The molecular formula is C28H28F2N4O2. The first-order chi connectivity index (χ1) is 17.4. The number of aryl methyl sites for hydroxylation is 1. The molecule has 8 heteroatoms. The molecule has 0 bridgehead atoms. The van der Waals surface area contributed by atoms with Crippen LogP contribution in [0.4, 0.5) is 8.78 Å². The summed E-state index contributed by atoms with van der Waals surface area (Å²) < 4.78 is 30.1. The molecule has 186 valence electrons. The van der Waals surface area contributed by atoms with Crippen LogP contribution in [0.2, 0.25) is 0 Å². The number of nitriles is 1. The van der Waals surface area contributed by atoms with Crippen molar-refractivity contribution in [1.82, 2.24) is 14.8 Å². The summed E-state index contributed by atoms with van der Waals surface area (Å²) in [4.78, 5) is 19.0. The van der Waals surface area contributed by atoms with Crippen molar-refractivity contribution in [3.05, 3.63) is 77.0 Å². The summed E-state index contributed by atoms with van der Waals surface area (Å²) in [5.74, 6) is -0.632. The van der Waals surface area contributed by atoms with Crippen LogP contribution in [0.3, 0.4) is 0 Å². The third-order valence-corrected chi connectivity index (χ3v) is 7.35. The lowest BCUT2D eigenvalue weighted by Crippen LogP contribution is -2.36. The first-order valence-electron chi connectivity index (χ1n) is 12.4. The molecule has 3 aromatic rings. The van der Waals surface area contributed by atoms with Crippen molar-refractivity contribution in [3.8, 4) is 17.3 Å². The predicted molar refractivity (Wildman–Crippen MR) is 129 cm³/mol. The van der Waals surface area contributed by atoms with Gasteiger partial charge in [0.2, 0.25) is 5.91 Å². The average Bonchev–Trinajstić information content (AvgIpc) is 3.52. The molecule has 0 N–H and O–H groups in total. The highest BCUT2D eigenvalue weighted by Crippen LogP contribution is 2.37. The number of hydroxylamine groups is 2. The van der Waals surface area contributed by atoms with E-state index in [2.05, 4.69) is 5.10 Å². The fraction of sp³-hybridized carbons (Fsp3) is 0.393. The number of hydrogen-bond acceptors (Lipinski definition) is 4. The van der Waals surface area contributed by atoms with Crippen LogP contribution >= 0.6 is 0 Å². The Bertz CT molecular complexity index is 1310. The summed E-state index contributed by atoms with van der Waals surface area (Å²) in [6, 6.07) is 12.8. The van der Waals surface area contributed by atoms with Crippen molar-refractivity contribution < 1.29 is 18.4 Å². The Hall–Kier alpha value is -3.57. The van der Waals surface area contributed by atoms with E-state index in [1.54, 1.807) is 23.0 Å². The fourth-order valence-electron chi connectivity index (χ4n) is 5.56. The number of rotatable bonds is 5. The summed E-state index contributed by atoms with van der Waals surface area (Å²) in [6.07, 6.45) is 6.21. The van der Waals surface area contributed by atoms with Crippen LogP contribution in [0.5, 0.6) is 0 Å². The van der Waals surface area contributed by atoms with Crippen LogP contribution in [0.25, 0.3) is 11.3 Å². The SMILES string of the molecule is Cn1nccc1-c1cc(F)cc(C[C@H]2CC[C@H](C(=O)N3OCC[C@H]3c3cc(F)cc(C#N)c3)CC2)c1. The molecule has 1 aliphatic heterocycles. The van der Waals surface area contributed by atoms with E-state index < -0.39 is 11.9 Å². The number of hydrogen-bond donors (Lipinski definition) is 0. The van der Waals surface area contributed by atoms with E-state index in [-0.39, 0.29) is 23.2 Å². The summed E-state index contributed by atoms with van der Waals surface area (Å²) >= 11 is 0. The molecule has 36 heavy (non-hydrogen) atoms. The number of aromatic nitrogens is 2. The van der Waals surface area contributed by atoms with E-state index >= 15 is 0 Å². The molecule has 1 aliphatic carbocycles. The van der Waals surface area contributed by atoms with Gasteiger partial charge < -0.3 is 0 Å². The number of nitrogens with zero attached hydrogens (tertiary/aromatic N) is 4. The number of carbonyl (C=O) groups is 1. The Labute approximate surface area is 209 Å². The summed E-state index contributed by atoms with van der Waals surface area (Å²) in [5.41, 5.74) is 3.44. The van der Waals surface area contributed by atoms with Gasteiger partial charge in [0.1, 0.15) is 11.6 Å². The maximum Gasteiger partial charge on any atom is 0.249 e. The summed E-state index contributed by atoms with van der Waals surface area (Å²) in [5, 5.41) is 14.8. The standard InChI is InChI=1S/C28H28F2N4O2/c1-33-26(6-8-32-33)22-11-19(13-24(29)15-22)10-18-2-4-21(5-3-18)28(35)34-27(7-9-36-34)23-12-20(17-31)14-25(30)16-23/h6,8,11-16,18,21,27H,2-5,7,9-10H2,1H3/t18-,21-,27-/m0/s1. The lowest BCUT2D eigenvalue weighted by atomic mass is 9.78. The average molecular weight is 491 g/mol. The van der Waals surface area contributed by atoms with Crippen LogP contribution in [-0.4, -0.2) is 27.4 Å². The lowest BCUT2D eigenvalue weighted by Gasteiger charge is -2.32. The van der Waals surface area contributed by atoms with E-state index in [9.17, 15) is 18.8 Å². The number of carbonyl (C=O) groups excluding carboxylic acids is 1. The molecule has 1 atom stereocenters. The van der Waals surface area contributed by atoms with Crippen LogP contribution in [0.1, 0.15) is 54.8 Å². The number of halogens is 2. The van der Waals surface area contributed by atoms with E-state index in [0.717, 1.165) is 48.9 Å². The maximum atomic E-state index is 14.4. The Balaban J connectivity index is 1.22. The Kier molecular flexibility index (Phi) is 6.84. The first-order valence-corrected chi connectivity index (χ1v) is 12.4. The minimum atomic E-state index is -0.493. The molecule has 2 fully saturated rings. The fourth-order valence-corrected chi connectivity index (χ4v) is 5.56. The summed E-state index contributed by atoms with van der Waals surface area (Å²) in [6.45, 7) is 0.378. The zero-order valence-electron chi connectivity index (χ0n) is 20.2. The third-order valence-electron chi connectivity index (χ3n) is 7.35. The molecule has 2 aromatic carbocycles. The third kappa shape index (κ3) is 5.02. The molecule has 0 spiro atoms.